The summed E-state index contributed by atoms with van der Waals surface area (Å²) in [6.07, 6.45) is 0. The van der Waals surface area contributed by atoms with E-state index in [9.17, 15) is 14.4 Å². The van der Waals surface area contributed by atoms with Crippen LogP contribution in [0.2, 0.25) is 0 Å². The summed E-state index contributed by atoms with van der Waals surface area (Å²) in [5.41, 5.74) is 0. The molecule has 6 heteroatoms. The first-order valence-electron chi connectivity index (χ1n) is 5.73. The lowest BCUT2D eigenvalue weighted by Gasteiger charge is -2.31. The molecule has 1 fully saturated rings. The summed E-state index contributed by atoms with van der Waals surface area (Å²) in [5, 5.41) is 2.19. The fraction of sp³-hybridized carbons (Fsp3) is 0.727. The Morgan fingerprint density at radius 1 is 1.35 bits per heavy atom. The predicted octanol–water partition coefficient (Wildman–Crippen LogP) is 0.373. The van der Waals surface area contributed by atoms with Gasteiger partial charge in [0.1, 0.15) is 5.92 Å². The van der Waals surface area contributed by atoms with Gasteiger partial charge in [0, 0.05) is 6.61 Å². The molecule has 1 unspecified atom stereocenters. The molecule has 1 aliphatic rings. The molecule has 1 N–H and O–H groups in total. The highest BCUT2D eigenvalue weighted by atomic mass is 16.5. The minimum Gasteiger partial charge on any atom is -0.380 e. The maximum atomic E-state index is 12.0. The molecule has 0 bridgehead atoms. The van der Waals surface area contributed by atoms with Crippen molar-refractivity contribution >= 4 is 17.8 Å². The minimum atomic E-state index is -0.783. The predicted molar refractivity (Wildman–Crippen MR) is 60.1 cm³/mol. The van der Waals surface area contributed by atoms with Crippen LogP contribution in [0.3, 0.4) is 0 Å². The van der Waals surface area contributed by atoms with Crippen LogP contribution in [0.1, 0.15) is 20.8 Å². The highest BCUT2D eigenvalue weighted by Crippen LogP contribution is 2.18. The smallest absolute Gasteiger partial charge is 0.330 e. The first kappa shape index (κ1) is 13.6. The molecule has 1 rings (SSSR count). The van der Waals surface area contributed by atoms with Crippen molar-refractivity contribution in [1.82, 2.24) is 10.2 Å². The molecule has 0 aromatic carbocycles. The molecule has 0 aliphatic carbocycles. The monoisotopic (exact) mass is 242 g/mol. The van der Waals surface area contributed by atoms with Gasteiger partial charge in [0.25, 0.3) is 0 Å². The van der Waals surface area contributed by atoms with E-state index in [4.69, 9.17) is 4.74 Å². The number of nitrogens with zero attached hydrogens (tertiary/aromatic N) is 1. The summed E-state index contributed by atoms with van der Waals surface area (Å²) < 4.78 is 5.10. The molecule has 17 heavy (non-hydrogen) atoms. The molecule has 1 aliphatic heterocycles. The standard InChI is InChI=1S/C11H18N2O4/c1-4-17-6-5-13-10(15)8(7(2)3)9(14)12-11(13)16/h7-8H,4-6H2,1-3H3,(H,12,14,16). The molecule has 0 radical (unpaired) electrons. The number of ether oxygens (including phenoxy) is 1. The van der Waals surface area contributed by atoms with Crippen LogP contribution in [-0.2, 0) is 14.3 Å². The average Bonchev–Trinajstić information content (AvgIpc) is 2.21. The van der Waals surface area contributed by atoms with Gasteiger partial charge in [0.05, 0.1) is 13.2 Å². The molecule has 6 nitrogen and oxygen atoms in total. The van der Waals surface area contributed by atoms with Gasteiger partial charge in [-0.25, -0.2) is 4.79 Å². The van der Waals surface area contributed by atoms with Crippen molar-refractivity contribution in [3.63, 3.8) is 0 Å². The Hall–Kier alpha value is -1.43. The van der Waals surface area contributed by atoms with E-state index in [1.807, 2.05) is 6.92 Å². The number of nitrogens with one attached hydrogen (secondary N) is 1. The number of amides is 4. The van der Waals surface area contributed by atoms with Crippen molar-refractivity contribution in [1.29, 1.82) is 0 Å². The molecule has 0 saturated carbocycles. The molecule has 0 spiro atoms. The summed E-state index contributed by atoms with van der Waals surface area (Å²) in [6.45, 7) is 6.37. The Morgan fingerprint density at radius 3 is 2.53 bits per heavy atom. The second kappa shape index (κ2) is 5.77. The zero-order valence-electron chi connectivity index (χ0n) is 10.4. The van der Waals surface area contributed by atoms with E-state index in [-0.39, 0.29) is 19.1 Å². The van der Waals surface area contributed by atoms with Crippen molar-refractivity contribution in [2.75, 3.05) is 19.8 Å². The molecule has 4 amide bonds. The molecular weight excluding hydrogens is 224 g/mol. The number of rotatable bonds is 5. The van der Waals surface area contributed by atoms with Gasteiger partial charge in [-0.1, -0.05) is 13.8 Å². The molecule has 1 saturated heterocycles. The summed E-state index contributed by atoms with van der Waals surface area (Å²) >= 11 is 0. The van der Waals surface area contributed by atoms with Crippen molar-refractivity contribution < 1.29 is 19.1 Å². The number of barbiturate groups is 1. The van der Waals surface area contributed by atoms with E-state index < -0.39 is 23.8 Å². The third kappa shape index (κ3) is 3.03. The Bertz CT molecular complexity index is 327. The van der Waals surface area contributed by atoms with E-state index >= 15 is 0 Å². The quantitative estimate of drug-likeness (QED) is 0.558. The normalized spacial score (nSPS) is 21.1. The van der Waals surface area contributed by atoms with Crippen molar-refractivity contribution in [2.45, 2.75) is 20.8 Å². The molecule has 96 valence electrons. The van der Waals surface area contributed by atoms with E-state index in [0.29, 0.717) is 6.61 Å². The van der Waals surface area contributed by atoms with Crippen molar-refractivity contribution in [3.8, 4) is 0 Å². The lowest BCUT2D eigenvalue weighted by Crippen LogP contribution is -2.59. The van der Waals surface area contributed by atoms with Crippen LogP contribution < -0.4 is 5.32 Å². The van der Waals surface area contributed by atoms with Crippen LogP contribution in [0.4, 0.5) is 4.79 Å². The fourth-order valence-corrected chi connectivity index (χ4v) is 1.73. The third-order valence-corrected chi connectivity index (χ3v) is 2.62. The van der Waals surface area contributed by atoms with Crippen LogP contribution in [0.25, 0.3) is 0 Å². The highest BCUT2D eigenvalue weighted by molar-refractivity contribution is 6.16. The van der Waals surface area contributed by atoms with Gasteiger partial charge in [0.15, 0.2) is 0 Å². The number of carbonyl (C=O) groups excluding carboxylic acids is 3. The fourth-order valence-electron chi connectivity index (χ4n) is 1.73. The van der Waals surface area contributed by atoms with Crippen molar-refractivity contribution in [3.05, 3.63) is 0 Å². The maximum absolute atomic E-state index is 12.0. The van der Waals surface area contributed by atoms with Gasteiger partial charge in [-0.05, 0) is 12.8 Å². The van der Waals surface area contributed by atoms with E-state index in [0.717, 1.165) is 4.90 Å². The van der Waals surface area contributed by atoms with Gasteiger partial charge in [-0.3, -0.25) is 19.8 Å². The Labute approximate surface area is 100 Å². The second-order valence-electron chi connectivity index (χ2n) is 4.20. The third-order valence-electron chi connectivity index (χ3n) is 2.62. The van der Waals surface area contributed by atoms with E-state index in [1.54, 1.807) is 13.8 Å². The van der Waals surface area contributed by atoms with Crippen LogP contribution in [0.5, 0.6) is 0 Å². The van der Waals surface area contributed by atoms with Crippen molar-refractivity contribution in [2.24, 2.45) is 11.8 Å². The van der Waals surface area contributed by atoms with Gasteiger partial charge in [-0.15, -0.1) is 0 Å². The minimum absolute atomic E-state index is 0.134. The second-order valence-corrected chi connectivity index (χ2v) is 4.20. The van der Waals surface area contributed by atoms with Crippen LogP contribution >= 0.6 is 0 Å². The SMILES string of the molecule is CCOCCN1C(=O)NC(=O)C(C(C)C)C1=O. The highest BCUT2D eigenvalue weighted by Gasteiger charge is 2.41. The van der Waals surface area contributed by atoms with Gasteiger partial charge >= 0.3 is 6.03 Å². The van der Waals surface area contributed by atoms with Crippen LogP contribution in [-0.4, -0.2) is 42.5 Å². The summed E-state index contributed by atoms with van der Waals surface area (Å²) in [5.74, 6) is -1.87. The Balaban J connectivity index is 2.72. The zero-order chi connectivity index (χ0) is 13.0. The Kier molecular flexibility index (Phi) is 4.62. The van der Waals surface area contributed by atoms with E-state index in [2.05, 4.69) is 5.32 Å². The summed E-state index contributed by atoms with van der Waals surface area (Å²) in [4.78, 5) is 36.0. The lowest BCUT2D eigenvalue weighted by molar-refractivity contribution is -0.144. The number of urea groups is 1. The average molecular weight is 242 g/mol. The number of carbonyl (C=O) groups is 3. The van der Waals surface area contributed by atoms with Crippen LogP contribution in [0, 0.1) is 11.8 Å². The van der Waals surface area contributed by atoms with Gasteiger partial charge < -0.3 is 4.74 Å². The molecular formula is C11H18N2O4. The molecule has 1 atom stereocenters. The number of hydrogen-bond donors (Lipinski definition) is 1. The molecule has 0 aromatic rings. The Morgan fingerprint density at radius 2 is 2.00 bits per heavy atom. The largest absolute Gasteiger partial charge is 0.380 e. The zero-order valence-corrected chi connectivity index (χ0v) is 10.4. The van der Waals surface area contributed by atoms with E-state index in [1.165, 1.54) is 0 Å². The first-order valence-corrected chi connectivity index (χ1v) is 5.73. The topological polar surface area (TPSA) is 75.7 Å². The summed E-state index contributed by atoms with van der Waals surface area (Å²) in [6, 6.07) is -0.656. The van der Waals surface area contributed by atoms with Gasteiger partial charge in [0.2, 0.25) is 11.8 Å². The maximum Gasteiger partial charge on any atom is 0.330 e. The van der Waals surface area contributed by atoms with Crippen LogP contribution in [0.15, 0.2) is 0 Å². The van der Waals surface area contributed by atoms with Gasteiger partial charge in [-0.2, -0.15) is 0 Å². The first-order chi connectivity index (χ1) is 7.99. The summed E-state index contributed by atoms with van der Waals surface area (Å²) in [7, 11) is 0. The number of imide groups is 2. The lowest BCUT2D eigenvalue weighted by atomic mass is 9.92. The molecule has 1 heterocycles. The number of hydrogen-bond acceptors (Lipinski definition) is 4. The molecule has 0 aromatic heterocycles.